The molecular weight excluding hydrogens is 418 g/mol. The number of aliphatic hydroxyl groups excluding tert-OH is 1. The minimum Gasteiger partial charge on any atom is -0.497 e. The van der Waals surface area contributed by atoms with Crippen LogP contribution in [-0.4, -0.2) is 43.6 Å². The van der Waals surface area contributed by atoms with Crippen molar-refractivity contribution in [1.82, 2.24) is 0 Å². The number of rotatable bonds is 4. The van der Waals surface area contributed by atoms with Crippen molar-refractivity contribution in [3.8, 4) is 5.75 Å². The monoisotopic (exact) mass is 445 g/mol. The molecule has 170 valence electrons. The third kappa shape index (κ3) is 2.59. The second-order valence-electron chi connectivity index (χ2n) is 8.72. The highest BCUT2D eigenvalue weighted by molar-refractivity contribution is 5.81. The molecule has 1 aliphatic heterocycles. The second-order valence-corrected chi connectivity index (χ2v) is 8.72. The van der Waals surface area contributed by atoms with Gasteiger partial charge in [0.25, 0.3) is 0 Å². The Kier molecular flexibility index (Phi) is 4.96. The van der Waals surface area contributed by atoms with Crippen molar-refractivity contribution in [2.24, 2.45) is 5.92 Å². The number of nitrogens with zero attached hydrogens (tertiary/aromatic N) is 1. The standard InChI is InChI=1S/C27H27NO5/c1-28-21-12-8-7-11-20(21)27(31)24(29)22(25(30)33-3)23(17-9-5-4-6-10-17)26(27,28)18-13-15-19(32-2)16-14-18/h4-16,22-24,29,31H,1-3H3/t22-,23-,24-,26+,27+/m1/s1. The maximum atomic E-state index is 13.1. The van der Waals surface area contributed by atoms with Gasteiger partial charge in [-0.3, -0.25) is 4.79 Å². The normalized spacial score (nSPS) is 30.0. The maximum absolute atomic E-state index is 13.1. The molecule has 5 rings (SSSR count). The third-order valence-corrected chi connectivity index (χ3v) is 7.53. The number of likely N-dealkylation sites (N-methyl/N-ethyl adjacent to an activating group) is 1. The first-order chi connectivity index (χ1) is 15.9. The zero-order valence-electron chi connectivity index (χ0n) is 18.8. The Morgan fingerprint density at radius 1 is 0.939 bits per heavy atom. The number of carbonyl (C=O) groups excluding carboxylic acids is 1. The zero-order chi connectivity index (χ0) is 23.4. The van der Waals surface area contributed by atoms with Gasteiger partial charge in [0, 0.05) is 24.2 Å². The van der Waals surface area contributed by atoms with E-state index in [-0.39, 0.29) is 0 Å². The fraction of sp³-hybridized carbons (Fsp3) is 0.296. The number of benzene rings is 3. The summed E-state index contributed by atoms with van der Waals surface area (Å²) in [4.78, 5) is 15.2. The lowest BCUT2D eigenvalue weighted by molar-refractivity contribution is -0.154. The number of esters is 1. The number of ether oxygens (including phenoxy) is 2. The van der Waals surface area contributed by atoms with Crippen LogP contribution in [0.15, 0.2) is 78.9 Å². The predicted octanol–water partition coefficient (Wildman–Crippen LogP) is 3.18. The first kappa shape index (κ1) is 21.5. The van der Waals surface area contributed by atoms with E-state index in [0.29, 0.717) is 11.3 Å². The summed E-state index contributed by atoms with van der Waals surface area (Å²) in [6.45, 7) is 0. The number of hydrogen-bond acceptors (Lipinski definition) is 6. The zero-order valence-corrected chi connectivity index (χ0v) is 18.8. The third-order valence-electron chi connectivity index (χ3n) is 7.53. The number of anilines is 1. The number of aliphatic hydroxyl groups is 2. The molecule has 0 radical (unpaired) electrons. The summed E-state index contributed by atoms with van der Waals surface area (Å²) in [6, 6.07) is 24.5. The molecule has 0 unspecified atom stereocenters. The highest BCUT2D eigenvalue weighted by atomic mass is 16.5. The highest BCUT2D eigenvalue weighted by Crippen LogP contribution is 2.69. The topological polar surface area (TPSA) is 79.2 Å². The van der Waals surface area contributed by atoms with E-state index in [1.165, 1.54) is 7.11 Å². The van der Waals surface area contributed by atoms with Gasteiger partial charge in [-0.25, -0.2) is 0 Å². The van der Waals surface area contributed by atoms with E-state index in [0.717, 1.165) is 16.8 Å². The van der Waals surface area contributed by atoms with E-state index < -0.39 is 35.0 Å². The summed E-state index contributed by atoms with van der Waals surface area (Å²) in [6.07, 6.45) is -1.40. The average Bonchev–Trinajstić information content (AvgIpc) is 3.21. The summed E-state index contributed by atoms with van der Waals surface area (Å²) in [5.41, 5.74) is 0.0407. The molecule has 0 spiro atoms. The number of para-hydroxylation sites is 1. The molecule has 0 amide bonds. The minimum atomic E-state index is -1.77. The summed E-state index contributed by atoms with van der Waals surface area (Å²) >= 11 is 0. The van der Waals surface area contributed by atoms with Crippen LogP contribution in [0, 0.1) is 5.92 Å². The van der Waals surface area contributed by atoms with Crippen molar-refractivity contribution in [3.63, 3.8) is 0 Å². The SMILES string of the molecule is COC(=O)[C@H]1[C@@H](O)[C@@]2(O)c3ccccc3N(C)[C@@]2(c2ccc(OC)cc2)[C@@H]1c1ccccc1. The lowest BCUT2D eigenvalue weighted by Gasteiger charge is -2.47. The molecule has 0 saturated heterocycles. The minimum absolute atomic E-state index is 0.557. The van der Waals surface area contributed by atoms with Crippen LogP contribution in [0.5, 0.6) is 5.75 Å². The van der Waals surface area contributed by atoms with E-state index in [1.807, 2.05) is 90.8 Å². The molecular formula is C27H27NO5. The summed E-state index contributed by atoms with van der Waals surface area (Å²) in [5.74, 6) is -1.47. The Morgan fingerprint density at radius 2 is 1.58 bits per heavy atom. The quantitative estimate of drug-likeness (QED) is 0.601. The molecule has 5 atom stereocenters. The number of fused-ring (bicyclic) bond motifs is 3. The van der Waals surface area contributed by atoms with E-state index in [9.17, 15) is 15.0 Å². The number of methoxy groups -OCH3 is 2. The van der Waals surface area contributed by atoms with Crippen LogP contribution in [0.3, 0.4) is 0 Å². The molecule has 6 nitrogen and oxygen atoms in total. The maximum Gasteiger partial charge on any atom is 0.312 e. The van der Waals surface area contributed by atoms with E-state index in [4.69, 9.17) is 9.47 Å². The lowest BCUT2D eigenvalue weighted by atomic mass is 9.68. The van der Waals surface area contributed by atoms with Crippen LogP contribution >= 0.6 is 0 Å². The Bertz CT molecular complexity index is 1180. The Morgan fingerprint density at radius 3 is 2.21 bits per heavy atom. The van der Waals surface area contributed by atoms with Crippen molar-refractivity contribution in [1.29, 1.82) is 0 Å². The highest BCUT2D eigenvalue weighted by Gasteiger charge is 2.77. The molecule has 0 bridgehead atoms. The van der Waals surface area contributed by atoms with Gasteiger partial charge in [-0.05, 0) is 29.3 Å². The van der Waals surface area contributed by atoms with Crippen molar-refractivity contribution in [2.45, 2.75) is 23.2 Å². The second kappa shape index (κ2) is 7.61. The summed E-state index contributed by atoms with van der Waals surface area (Å²) < 4.78 is 10.5. The number of carbonyl (C=O) groups is 1. The molecule has 1 fully saturated rings. The van der Waals surface area contributed by atoms with E-state index in [1.54, 1.807) is 7.11 Å². The molecule has 3 aromatic carbocycles. The molecule has 2 aliphatic rings. The van der Waals surface area contributed by atoms with Crippen molar-refractivity contribution >= 4 is 11.7 Å². The fourth-order valence-corrected chi connectivity index (χ4v) is 6.22. The first-order valence-corrected chi connectivity index (χ1v) is 10.9. The van der Waals surface area contributed by atoms with Gasteiger partial charge >= 0.3 is 5.97 Å². The largest absolute Gasteiger partial charge is 0.497 e. The van der Waals surface area contributed by atoms with Gasteiger partial charge < -0.3 is 24.6 Å². The van der Waals surface area contributed by atoms with Crippen molar-refractivity contribution in [3.05, 3.63) is 95.6 Å². The van der Waals surface area contributed by atoms with Gasteiger partial charge in [0.15, 0.2) is 0 Å². The molecule has 2 N–H and O–H groups in total. The van der Waals surface area contributed by atoms with E-state index in [2.05, 4.69) is 0 Å². The van der Waals surface area contributed by atoms with Crippen LogP contribution in [0.25, 0.3) is 0 Å². The van der Waals surface area contributed by atoms with Crippen LogP contribution in [0.2, 0.25) is 0 Å². The van der Waals surface area contributed by atoms with Crippen LogP contribution < -0.4 is 9.64 Å². The molecule has 1 saturated carbocycles. The van der Waals surface area contributed by atoms with Gasteiger partial charge in [0.2, 0.25) is 0 Å². The fourth-order valence-electron chi connectivity index (χ4n) is 6.22. The molecule has 0 aromatic heterocycles. The lowest BCUT2D eigenvalue weighted by Crippen LogP contribution is -2.56. The molecule has 1 heterocycles. The average molecular weight is 446 g/mol. The Balaban J connectivity index is 1.89. The van der Waals surface area contributed by atoms with Gasteiger partial charge in [0.1, 0.15) is 23.0 Å². The molecule has 33 heavy (non-hydrogen) atoms. The molecule has 3 aromatic rings. The number of hydrogen-bond donors (Lipinski definition) is 2. The Labute approximate surface area is 193 Å². The van der Waals surface area contributed by atoms with Gasteiger partial charge in [-0.15, -0.1) is 0 Å². The molecule has 1 aliphatic carbocycles. The Hall–Kier alpha value is -3.35. The van der Waals surface area contributed by atoms with Crippen LogP contribution in [0.1, 0.15) is 22.6 Å². The molecule has 6 heteroatoms. The van der Waals surface area contributed by atoms with Crippen LogP contribution in [0.4, 0.5) is 5.69 Å². The predicted molar refractivity (Wildman–Crippen MR) is 124 cm³/mol. The van der Waals surface area contributed by atoms with Gasteiger partial charge in [0.05, 0.1) is 20.1 Å². The van der Waals surface area contributed by atoms with Gasteiger partial charge in [-0.1, -0.05) is 60.7 Å². The van der Waals surface area contributed by atoms with Crippen LogP contribution in [-0.2, 0) is 20.7 Å². The van der Waals surface area contributed by atoms with E-state index >= 15 is 0 Å². The first-order valence-electron chi connectivity index (χ1n) is 10.9. The van der Waals surface area contributed by atoms with Crippen molar-refractivity contribution < 1.29 is 24.5 Å². The summed E-state index contributed by atoms with van der Waals surface area (Å²) in [7, 11) is 4.82. The smallest absolute Gasteiger partial charge is 0.312 e. The summed E-state index contributed by atoms with van der Waals surface area (Å²) in [5, 5.41) is 24.3. The van der Waals surface area contributed by atoms with Gasteiger partial charge in [-0.2, -0.15) is 0 Å². The van der Waals surface area contributed by atoms with Crippen molar-refractivity contribution in [2.75, 3.05) is 26.2 Å².